The van der Waals surface area contributed by atoms with Gasteiger partial charge in [-0.05, 0) is 18.6 Å². The minimum atomic E-state index is -3.57. The molecule has 25 heavy (non-hydrogen) atoms. The van der Waals surface area contributed by atoms with Gasteiger partial charge in [-0.15, -0.1) is 0 Å². The number of piperazine rings is 1. The first kappa shape index (κ1) is 17.6. The van der Waals surface area contributed by atoms with Crippen molar-refractivity contribution in [3.63, 3.8) is 0 Å². The van der Waals surface area contributed by atoms with E-state index in [-0.39, 0.29) is 31.3 Å². The highest BCUT2D eigenvalue weighted by Gasteiger charge is 2.32. The smallest absolute Gasteiger partial charge is 0.270 e. The molecule has 1 N–H and O–H groups in total. The van der Waals surface area contributed by atoms with Crippen molar-refractivity contribution in [2.45, 2.75) is 24.7 Å². The molecule has 0 unspecified atom stereocenters. The molecule has 2 heterocycles. The molecule has 8 nitrogen and oxygen atoms in total. The first-order valence-electron chi connectivity index (χ1n) is 8.10. The largest absolute Gasteiger partial charge is 0.335 e. The zero-order valence-electron chi connectivity index (χ0n) is 13.9. The quantitative estimate of drug-likeness (QED) is 0.822. The Labute approximate surface area is 146 Å². The number of hydrogen-bond acceptors (Lipinski definition) is 5. The highest BCUT2D eigenvalue weighted by molar-refractivity contribution is 7.89. The lowest BCUT2D eigenvalue weighted by molar-refractivity contribution is -0.125. The zero-order valence-corrected chi connectivity index (χ0v) is 14.8. The normalized spacial score (nSPS) is 19.3. The van der Waals surface area contributed by atoms with Gasteiger partial charge in [-0.1, -0.05) is 18.2 Å². The lowest BCUT2D eigenvalue weighted by atomic mass is 10.1. The molecule has 1 aromatic rings. The number of amides is 2. The van der Waals surface area contributed by atoms with Crippen LogP contribution in [0.3, 0.4) is 0 Å². The molecule has 0 bridgehead atoms. The summed E-state index contributed by atoms with van der Waals surface area (Å²) in [5.74, 6) is -0.446. The molecule has 3 rings (SSSR count). The molecule has 0 spiro atoms. The molecule has 134 valence electrons. The summed E-state index contributed by atoms with van der Waals surface area (Å²) >= 11 is 0. The molecule has 0 saturated carbocycles. The van der Waals surface area contributed by atoms with Gasteiger partial charge in [-0.3, -0.25) is 9.59 Å². The van der Waals surface area contributed by atoms with Gasteiger partial charge < -0.3 is 4.90 Å². The number of benzene rings is 1. The van der Waals surface area contributed by atoms with E-state index in [2.05, 4.69) is 10.5 Å². The van der Waals surface area contributed by atoms with E-state index >= 15 is 0 Å². The molecule has 9 heteroatoms. The van der Waals surface area contributed by atoms with E-state index in [1.807, 2.05) is 0 Å². The highest BCUT2D eigenvalue weighted by atomic mass is 32.2. The van der Waals surface area contributed by atoms with E-state index in [0.29, 0.717) is 35.7 Å². The van der Waals surface area contributed by atoms with Crippen LogP contribution in [0.4, 0.5) is 0 Å². The van der Waals surface area contributed by atoms with Crippen molar-refractivity contribution in [1.29, 1.82) is 0 Å². The minimum Gasteiger partial charge on any atom is -0.335 e. The summed E-state index contributed by atoms with van der Waals surface area (Å²) in [6.45, 7) is 2.85. The maximum Gasteiger partial charge on any atom is 0.270 e. The summed E-state index contributed by atoms with van der Waals surface area (Å²) in [4.78, 5) is 25.4. The van der Waals surface area contributed by atoms with Crippen LogP contribution in [0.1, 0.15) is 18.4 Å². The van der Waals surface area contributed by atoms with Gasteiger partial charge in [0.05, 0.1) is 4.90 Å². The number of nitrogens with one attached hydrogen (secondary N) is 1. The Morgan fingerprint density at radius 3 is 2.40 bits per heavy atom. The number of carbonyl (C=O) groups excluding carboxylic acids is 2. The van der Waals surface area contributed by atoms with Crippen LogP contribution in [0, 0.1) is 6.92 Å². The molecule has 0 aromatic heterocycles. The number of aryl methyl sites for hydroxylation is 1. The van der Waals surface area contributed by atoms with Gasteiger partial charge >= 0.3 is 0 Å². The number of carbonyl (C=O) groups is 2. The molecule has 1 aromatic carbocycles. The molecule has 1 saturated heterocycles. The van der Waals surface area contributed by atoms with Crippen LogP contribution in [0.2, 0.25) is 0 Å². The number of sulfonamides is 1. The third kappa shape index (κ3) is 3.57. The zero-order chi connectivity index (χ0) is 18.0. The van der Waals surface area contributed by atoms with Crippen molar-refractivity contribution in [3.8, 4) is 0 Å². The third-order valence-electron chi connectivity index (χ3n) is 4.39. The van der Waals surface area contributed by atoms with Crippen LogP contribution in [0.25, 0.3) is 0 Å². The maximum absolute atomic E-state index is 12.8. The minimum absolute atomic E-state index is 0.203. The van der Waals surface area contributed by atoms with E-state index in [4.69, 9.17) is 0 Å². The Morgan fingerprint density at radius 2 is 1.80 bits per heavy atom. The van der Waals surface area contributed by atoms with Gasteiger partial charge in [-0.25, -0.2) is 13.8 Å². The van der Waals surface area contributed by atoms with E-state index in [1.54, 1.807) is 36.1 Å². The molecular weight excluding hydrogens is 344 g/mol. The van der Waals surface area contributed by atoms with E-state index in [1.165, 1.54) is 4.31 Å². The van der Waals surface area contributed by atoms with Crippen LogP contribution < -0.4 is 5.43 Å². The van der Waals surface area contributed by atoms with Gasteiger partial charge in [0.1, 0.15) is 5.71 Å². The van der Waals surface area contributed by atoms with Crippen molar-refractivity contribution in [1.82, 2.24) is 14.6 Å². The predicted octanol–water partition coefficient (Wildman–Crippen LogP) is 0.0939. The number of nitrogens with zero attached hydrogens (tertiary/aromatic N) is 3. The lowest BCUT2D eigenvalue weighted by Gasteiger charge is -2.34. The average molecular weight is 364 g/mol. The fourth-order valence-electron chi connectivity index (χ4n) is 2.93. The van der Waals surface area contributed by atoms with E-state index in [0.717, 1.165) is 0 Å². The predicted molar refractivity (Wildman–Crippen MR) is 91.3 cm³/mol. The summed E-state index contributed by atoms with van der Waals surface area (Å²) in [6, 6.07) is 6.87. The third-order valence-corrected chi connectivity index (χ3v) is 6.45. The molecule has 0 atom stereocenters. The van der Waals surface area contributed by atoms with Crippen LogP contribution >= 0.6 is 0 Å². The fourth-order valence-corrected chi connectivity index (χ4v) is 4.57. The average Bonchev–Trinajstić information content (AvgIpc) is 2.62. The molecule has 0 radical (unpaired) electrons. The van der Waals surface area contributed by atoms with Crippen molar-refractivity contribution < 1.29 is 18.0 Å². The highest BCUT2D eigenvalue weighted by Crippen LogP contribution is 2.21. The Bertz CT molecular complexity index is 826. The molecule has 1 fully saturated rings. The van der Waals surface area contributed by atoms with E-state index < -0.39 is 10.0 Å². The monoisotopic (exact) mass is 364 g/mol. The van der Waals surface area contributed by atoms with Crippen molar-refractivity contribution >= 4 is 27.5 Å². The molecular formula is C16H20N4O4S. The molecule has 2 aliphatic rings. The second-order valence-electron chi connectivity index (χ2n) is 6.06. The second-order valence-corrected chi connectivity index (χ2v) is 7.96. The van der Waals surface area contributed by atoms with Crippen LogP contribution in [0.5, 0.6) is 0 Å². The van der Waals surface area contributed by atoms with Gasteiger partial charge in [0.25, 0.3) is 5.91 Å². The maximum atomic E-state index is 12.8. The standard InChI is InChI=1S/C16H20N4O4S/c1-12-4-2-3-5-14(12)25(23,24)20-10-8-19(9-11-20)16(22)13-6-7-15(21)18-17-13/h2-5H,6-11H2,1H3,(H,18,21). The van der Waals surface area contributed by atoms with Gasteiger partial charge in [0.15, 0.2) is 0 Å². The topological polar surface area (TPSA) is 99.2 Å². The Kier molecular flexibility index (Phi) is 4.87. The van der Waals surface area contributed by atoms with Crippen molar-refractivity contribution in [3.05, 3.63) is 29.8 Å². The van der Waals surface area contributed by atoms with Crippen molar-refractivity contribution in [2.24, 2.45) is 5.10 Å². The number of hydrogen-bond donors (Lipinski definition) is 1. The van der Waals surface area contributed by atoms with Gasteiger partial charge in [0.2, 0.25) is 15.9 Å². The van der Waals surface area contributed by atoms with Crippen molar-refractivity contribution in [2.75, 3.05) is 26.2 Å². The summed E-state index contributed by atoms with van der Waals surface area (Å²) < 4.78 is 27.0. The number of rotatable bonds is 3. The first-order valence-corrected chi connectivity index (χ1v) is 9.54. The molecule has 2 aliphatic heterocycles. The van der Waals surface area contributed by atoms with E-state index in [9.17, 15) is 18.0 Å². The SMILES string of the molecule is Cc1ccccc1S(=O)(=O)N1CCN(C(=O)C2=NNC(=O)CC2)CC1. The lowest BCUT2D eigenvalue weighted by Crippen LogP contribution is -2.52. The Hall–Kier alpha value is -2.26. The second kappa shape index (κ2) is 6.93. The summed E-state index contributed by atoms with van der Waals surface area (Å²) in [5.41, 5.74) is 3.32. The number of hydrazone groups is 1. The Morgan fingerprint density at radius 1 is 1.12 bits per heavy atom. The first-order chi connectivity index (χ1) is 11.9. The summed E-state index contributed by atoms with van der Waals surface area (Å²) in [7, 11) is -3.57. The molecule has 2 amide bonds. The molecule has 0 aliphatic carbocycles. The summed E-state index contributed by atoms with van der Waals surface area (Å²) in [5, 5.41) is 3.81. The van der Waals surface area contributed by atoms with Crippen LogP contribution in [-0.4, -0.2) is 61.3 Å². The Balaban J connectivity index is 1.67. The van der Waals surface area contributed by atoms with Gasteiger partial charge in [-0.2, -0.15) is 9.41 Å². The van der Waals surface area contributed by atoms with Crippen LogP contribution in [-0.2, 0) is 19.6 Å². The fraction of sp³-hybridized carbons (Fsp3) is 0.438. The summed E-state index contributed by atoms with van der Waals surface area (Å²) in [6.07, 6.45) is 0.554. The van der Waals surface area contributed by atoms with Crippen LogP contribution in [0.15, 0.2) is 34.3 Å². The van der Waals surface area contributed by atoms with Gasteiger partial charge in [0, 0.05) is 39.0 Å².